The molecule has 0 amide bonds. The van der Waals surface area contributed by atoms with Gasteiger partial charge in [0, 0.05) is 0 Å². The van der Waals surface area contributed by atoms with Gasteiger partial charge in [-0.15, -0.1) is 0 Å². The predicted molar refractivity (Wildman–Crippen MR) is 59.0 cm³/mol. The van der Waals surface area contributed by atoms with Crippen molar-refractivity contribution in [3.8, 4) is 47.4 Å². The third-order valence-electron chi connectivity index (χ3n) is 4.76. The highest BCUT2D eigenvalue weighted by Gasteiger charge is 2.55. The van der Waals surface area contributed by atoms with Crippen LogP contribution in [0.2, 0.25) is 0 Å². The smallest absolute Gasteiger partial charge is 0.0503 e. The third kappa shape index (κ3) is 0.613. The second kappa shape index (κ2) is 2.17. The molecule has 0 N–H and O–H groups in total. The molecule has 0 radical (unpaired) electrons. The Balaban J connectivity index is 1.84. The molecule has 0 aromatic carbocycles. The molecule has 6 rings (SSSR count). The van der Waals surface area contributed by atoms with Crippen molar-refractivity contribution in [2.24, 2.45) is 47.3 Å². The van der Waals surface area contributed by atoms with Gasteiger partial charge < -0.3 is 0 Å². The van der Waals surface area contributed by atoms with Crippen LogP contribution in [0.1, 0.15) is 0 Å². The Hall–Kier alpha value is -1.76. The maximum absolute atomic E-state index is 3.45. The molecule has 0 saturated heterocycles. The van der Waals surface area contributed by atoms with E-state index in [-0.39, 0.29) is 0 Å². The molecule has 0 spiro atoms. The summed E-state index contributed by atoms with van der Waals surface area (Å²) in [5.74, 6) is 30.7. The van der Waals surface area contributed by atoms with E-state index in [0.29, 0.717) is 47.3 Å². The number of hydrogen-bond donors (Lipinski definition) is 0. The first kappa shape index (κ1) is 7.50. The minimum Gasteiger partial charge on any atom is -0.0968 e. The van der Waals surface area contributed by atoms with Crippen LogP contribution in [0.25, 0.3) is 0 Å². The van der Waals surface area contributed by atoms with Gasteiger partial charge in [0.25, 0.3) is 0 Å². The summed E-state index contributed by atoms with van der Waals surface area (Å²) >= 11 is 0. The molecular weight excluding hydrogens is 192 g/mol. The summed E-state index contributed by atoms with van der Waals surface area (Å²) in [5.41, 5.74) is 0. The van der Waals surface area contributed by atoms with E-state index in [1.54, 1.807) is 0 Å². The zero-order chi connectivity index (χ0) is 10.3. The fourth-order valence-corrected chi connectivity index (χ4v) is 3.70. The molecule has 2 fully saturated rings. The SMILES string of the molecule is C1#CC2C3C#CC4C1C1C#CC2C3C#CC41. The van der Waals surface area contributed by atoms with Crippen molar-refractivity contribution in [2.75, 3.05) is 0 Å². The topological polar surface area (TPSA) is 0 Å². The summed E-state index contributed by atoms with van der Waals surface area (Å²) in [6, 6.07) is 0. The summed E-state index contributed by atoms with van der Waals surface area (Å²) in [4.78, 5) is 0. The van der Waals surface area contributed by atoms with Crippen molar-refractivity contribution in [3.63, 3.8) is 0 Å². The standard InChI is InChI=1S/C16H8/c1-2-10-13-5-3-11-9(1)12-4-6-14(10)16(13)8-7-15(11)12/h9-16H. The van der Waals surface area contributed by atoms with Gasteiger partial charge in [0.15, 0.2) is 0 Å². The second-order valence-electron chi connectivity index (χ2n) is 5.36. The molecule has 2 saturated carbocycles. The molecule has 0 aromatic heterocycles. The fraction of sp³-hybridized carbons (Fsp3) is 0.500. The lowest BCUT2D eigenvalue weighted by Crippen LogP contribution is -2.51. The Morgan fingerprint density at radius 2 is 0.375 bits per heavy atom. The molecule has 8 bridgehead atoms. The van der Waals surface area contributed by atoms with Crippen LogP contribution in [-0.2, 0) is 0 Å². The Bertz CT molecular complexity index is 468. The summed E-state index contributed by atoms with van der Waals surface area (Å²) in [5, 5.41) is 0. The van der Waals surface area contributed by atoms with Gasteiger partial charge in [0.05, 0.1) is 47.3 Å². The van der Waals surface area contributed by atoms with Gasteiger partial charge in [0.1, 0.15) is 0 Å². The fourth-order valence-electron chi connectivity index (χ4n) is 3.70. The number of rotatable bonds is 0. The van der Waals surface area contributed by atoms with Crippen LogP contribution in [0.15, 0.2) is 0 Å². The van der Waals surface area contributed by atoms with Gasteiger partial charge in [0.2, 0.25) is 0 Å². The van der Waals surface area contributed by atoms with Gasteiger partial charge in [-0.05, 0) is 0 Å². The zero-order valence-electron chi connectivity index (χ0n) is 8.62. The quantitative estimate of drug-likeness (QED) is 0.512. The monoisotopic (exact) mass is 200 g/mol. The van der Waals surface area contributed by atoms with E-state index >= 15 is 0 Å². The molecule has 0 heteroatoms. The molecule has 0 nitrogen and oxygen atoms in total. The number of hydrogen-bond acceptors (Lipinski definition) is 0. The van der Waals surface area contributed by atoms with Gasteiger partial charge >= 0.3 is 0 Å². The predicted octanol–water partition coefficient (Wildman–Crippen LogP) is 0.998. The molecule has 0 atom stereocenters. The van der Waals surface area contributed by atoms with E-state index < -0.39 is 0 Å². The van der Waals surface area contributed by atoms with Gasteiger partial charge in [-0.1, -0.05) is 47.4 Å². The molecule has 6 aliphatic rings. The van der Waals surface area contributed by atoms with Crippen LogP contribution >= 0.6 is 0 Å². The van der Waals surface area contributed by atoms with Gasteiger partial charge in [-0.3, -0.25) is 0 Å². The van der Waals surface area contributed by atoms with Crippen molar-refractivity contribution in [2.45, 2.75) is 0 Å². The zero-order valence-corrected chi connectivity index (χ0v) is 8.62. The highest BCUT2D eigenvalue weighted by atomic mass is 14.5. The van der Waals surface area contributed by atoms with Gasteiger partial charge in [-0.2, -0.15) is 0 Å². The maximum Gasteiger partial charge on any atom is 0.0503 e. The largest absolute Gasteiger partial charge is 0.0968 e. The van der Waals surface area contributed by atoms with Crippen LogP contribution in [0, 0.1) is 94.7 Å². The van der Waals surface area contributed by atoms with Crippen molar-refractivity contribution < 1.29 is 0 Å². The molecule has 0 unspecified atom stereocenters. The van der Waals surface area contributed by atoms with E-state index in [0.717, 1.165) is 0 Å². The Labute approximate surface area is 95.2 Å². The van der Waals surface area contributed by atoms with Crippen LogP contribution in [0.5, 0.6) is 0 Å². The van der Waals surface area contributed by atoms with E-state index in [1.165, 1.54) is 0 Å². The first-order valence-electron chi connectivity index (χ1n) is 5.98. The molecule has 0 aromatic rings. The lowest BCUT2D eigenvalue weighted by molar-refractivity contribution is 0.121. The van der Waals surface area contributed by atoms with E-state index in [2.05, 4.69) is 47.4 Å². The van der Waals surface area contributed by atoms with Crippen LogP contribution in [0.4, 0.5) is 0 Å². The Kier molecular flexibility index (Phi) is 1.02. The van der Waals surface area contributed by atoms with Gasteiger partial charge in [-0.25, -0.2) is 0 Å². The van der Waals surface area contributed by atoms with E-state index in [4.69, 9.17) is 0 Å². The van der Waals surface area contributed by atoms with Crippen molar-refractivity contribution in [1.82, 2.24) is 0 Å². The second-order valence-corrected chi connectivity index (χ2v) is 5.36. The molecule has 72 valence electrons. The average molecular weight is 200 g/mol. The first-order chi connectivity index (χ1) is 7.93. The minimum absolute atomic E-state index is 0.387. The average Bonchev–Trinajstić information content (AvgIpc) is 2.28. The molecule has 16 heavy (non-hydrogen) atoms. The lowest BCUT2D eigenvalue weighted by Gasteiger charge is -2.50. The van der Waals surface area contributed by atoms with Crippen molar-refractivity contribution in [3.05, 3.63) is 0 Å². The Morgan fingerprint density at radius 1 is 0.250 bits per heavy atom. The molecule has 0 heterocycles. The third-order valence-corrected chi connectivity index (χ3v) is 4.76. The summed E-state index contributed by atoms with van der Waals surface area (Å²) in [7, 11) is 0. The highest BCUT2D eigenvalue weighted by Crippen LogP contribution is 2.53. The van der Waals surface area contributed by atoms with Crippen LogP contribution in [0.3, 0.4) is 0 Å². The molecule has 6 aliphatic carbocycles. The van der Waals surface area contributed by atoms with Crippen molar-refractivity contribution in [1.29, 1.82) is 0 Å². The summed E-state index contributed by atoms with van der Waals surface area (Å²) < 4.78 is 0. The first-order valence-corrected chi connectivity index (χ1v) is 5.98. The summed E-state index contributed by atoms with van der Waals surface area (Å²) in [6.07, 6.45) is 0. The Morgan fingerprint density at radius 3 is 0.500 bits per heavy atom. The molecular formula is C16H8. The van der Waals surface area contributed by atoms with Crippen molar-refractivity contribution >= 4 is 0 Å². The summed E-state index contributed by atoms with van der Waals surface area (Å²) in [6.45, 7) is 0. The van der Waals surface area contributed by atoms with E-state index in [9.17, 15) is 0 Å². The van der Waals surface area contributed by atoms with E-state index in [1.807, 2.05) is 0 Å². The normalized spacial score (nSPS) is 58.0. The van der Waals surface area contributed by atoms with Crippen LogP contribution < -0.4 is 0 Å². The highest BCUT2D eigenvalue weighted by molar-refractivity contribution is 5.46. The molecule has 0 aliphatic heterocycles. The van der Waals surface area contributed by atoms with Crippen LogP contribution in [-0.4, -0.2) is 0 Å². The maximum atomic E-state index is 3.45. The lowest BCUT2D eigenvalue weighted by atomic mass is 9.50. The minimum atomic E-state index is 0.387.